The zero-order chi connectivity index (χ0) is 11.2. The van der Waals surface area contributed by atoms with Crippen molar-refractivity contribution < 1.29 is 0 Å². The summed E-state index contributed by atoms with van der Waals surface area (Å²) in [5.74, 6) is 2.09. The number of hydrogen-bond acceptors (Lipinski definition) is 1. The Hall–Kier alpha value is -0.310. The molecule has 1 saturated carbocycles. The second kappa shape index (κ2) is 6.43. The van der Waals surface area contributed by atoms with E-state index in [1.807, 2.05) is 12.4 Å². The van der Waals surface area contributed by atoms with Crippen LogP contribution < -0.4 is 0 Å². The highest BCUT2D eigenvalue weighted by Gasteiger charge is 2.15. The Morgan fingerprint density at radius 2 is 2.19 bits per heavy atom. The van der Waals surface area contributed by atoms with Gasteiger partial charge in [0.15, 0.2) is 0 Å². The number of halogens is 1. The molecule has 0 amide bonds. The average Bonchev–Trinajstić information content (AvgIpc) is 2.81. The minimum absolute atomic E-state index is 0.584. The van der Waals surface area contributed by atoms with Gasteiger partial charge in [0.2, 0.25) is 0 Å². The van der Waals surface area contributed by atoms with Crippen molar-refractivity contribution >= 4 is 15.9 Å². The molecule has 16 heavy (non-hydrogen) atoms. The van der Waals surface area contributed by atoms with Crippen molar-refractivity contribution in [3.05, 3.63) is 18.2 Å². The molecular weight excluding hydrogens is 264 g/mol. The minimum atomic E-state index is 0.584. The zero-order valence-corrected chi connectivity index (χ0v) is 11.4. The van der Waals surface area contributed by atoms with Gasteiger partial charge in [-0.3, -0.25) is 0 Å². The maximum atomic E-state index is 4.27. The van der Waals surface area contributed by atoms with E-state index in [4.69, 9.17) is 0 Å². The lowest BCUT2D eigenvalue weighted by Gasteiger charge is -2.22. The standard InChI is InChI=1S/C13H21BrN2/c14-12(10-13-15-8-9-16-13)7-6-11-4-2-1-3-5-11/h8-9,11-12H,1-7,10H2,(H,15,16). The first-order valence-electron chi connectivity index (χ1n) is 6.47. The van der Waals surface area contributed by atoms with Gasteiger partial charge < -0.3 is 4.98 Å². The van der Waals surface area contributed by atoms with Crippen LogP contribution >= 0.6 is 15.9 Å². The normalized spacial score (nSPS) is 19.8. The van der Waals surface area contributed by atoms with Gasteiger partial charge in [0, 0.05) is 23.6 Å². The smallest absolute Gasteiger partial charge is 0.107 e. The Morgan fingerprint density at radius 3 is 2.88 bits per heavy atom. The van der Waals surface area contributed by atoms with Crippen LogP contribution in [0, 0.1) is 5.92 Å². The second-order valence-electron chi connectivity index (χ2n) is 4.92. The molecule has 1 atom stereocenters. The quantitative estimate of drug-likeness (QED) is 0.811. The predicted molar refractivity (Wildman–Crippen MR) is 70.8 cm³/mol. The molecule has 1 aliphatic rings. The van der Waals surface area contributed by atoms with Gasteiger partial charge in [-0.05, 0) is 18.8 Å². The van der Waals surface area contributed by atoms with Crippen LogP contribution in [-0.4, -0.2) is 14.8 Å². The molecule has 1 heterocycles. The van der Waals surface area contributed by atoms with Gasteiger partial charge in [-0.2, -0.15) is 0 Å². The van der Waals surface area contributed by atoms with Crippen LogP contribution in [0.5, 0.6) is 0 Å². The van der Waals surface area contributed by atoms with Crippen molar-refractivity contribution in [3.8, 4) is 0 Å². The molecule has 0 radical (unpaired) electrons. The fourth-order valence-electron chi connectivity index (χ4n) is 2.61. The molecule has 1 N–H and O–H groups in total. The second-order valence-corrected chi connectivity index (χ2v) is 6.21. The van der Waals surface area contributed by atoms with Gasteiger partial charge in [0.1, 0.15) is 5.82 Å². The van der Waals surface area contributed by atoms with E-state index in [0.29, 0.717) is 4.83 Å². The number of aromatic amines is 1. The Bertz CT molecular complexity index is 278. The molecule has 3 heteroatoms. The van der Waals surface area contributed by atoms with E-state index in [0.717, 1.165) is 18.2 Å². The van der Waals surface area contributed by atoms with E-state index in [2.05, 4.69) is 25.9 Å². The summed E-state index contributed by atoms with van der Waals surface area (Å²) in [6.07, 6.45) is 14.7. The molecule has 1 unspecified atom stereocenters. The SMILES string of the molecule is BrC(CCC1CCCCC1)Cc1ncc[nH]1. The molecule has 90 valence electrons. The van der Waals surface area contributed by atoms with Crippen LogP contribution in [-0.2, 0) is 6.42 Å². The van der Waals surface area contributed by atoms with Crippen molar-refractivity contribution in [1.82, 2.24) is 9.97 Å². The number of nitrogens with zero attached hydrogens (tertiary/aromatic N) is 1. The van der Waals surface area contributed by atoms with Crippen LogP contribution in [0.4, 0.5) is 0 Å². The van der Waals surface area contributed by atoms with Crippen molar-refractivity contribution in [1.29, 1.82) is 0 Å². The molecule has 0 spiro atoms. The molecule has 0 saturated heterocycles. The summed E-state index contributed by atoms with van der Waals surface area (Å²) in [5, 5.41) is 0. The lowest BCUT2D eigenvalue weighted by molar-refractivity contribution is 0.331. The van der Waals surface area contributed by atoms with E-state index < -0.39 is 0 Å². The maximum absolute atomic E-state index is 4.27. The van der Waals surface area contributed by atoms with Crippen molar-refractivity contribution in [3.63, 3.8) is 0 Å². The van der Waals surface area contributed by atoms with Crippen molar-refractivity contribution in [2.75, 3.05) is 0 Å². The molecule has 1 aliphatic carbocycles. The van der Waals surface area contributed by atoms with E-state index in [-0.39, 0.29) is 0 Å². The Balaban J connectivity index is 1.65. The van der Waals surface area contributed by atoms with E-state index in [1.165, 1.54) is 44.9 Å². The van der Waals surface area contributed by atoms with Crippen molar-refractivity contribution in [2.24, 2.45) is 5.92 Å². The molecule has 0 bridgehead atoms. The molecule has 1 aromatic rings. The number of H-pyrrole nitrogens is 1. The molecule has 0 aromatic carbocycles. The summed E-state index contributed by atoms with van der Waals surface area (Å²) in [7, 11) is 0. The van der Waals surface area contributed by atoms with Gasteiger partial charge in [-0.25, -0.2) is 4.98 Å². The molecule has 0 aliphatic heterocycles. The number of imidazole rings is 1. The number of rotatable bonds is 5. The summed E-state index contributed by atoms with van der Waals surface area (Å²) in [5.41, 5.74) is 0. The summed E-state index contributed by atoms with van der Waals surface area (Å²) in [6, 6.07) is 0. The monoisotopic (exact) mass is 284 g/mol. The van der Waals surface area contributed by atoms with E-state index in [1.54, 1.807) is 0 Å². The molecular formula is C13H21BrN2. The van der Waals surface area contributed by atoms with Crippen LogP contribution in [0.3, 0.4) is 0 Å². The van der Waals surface area contributed by atoms with E-state index >= 15 is 0 Å². The van der Waals surface area contributed by atoms with Crippen LogP contribution in [0.1, 0.15) is 50.8 Å². The third-order valence-corrected chi connectivity index (χ3v) is 4.36. The number of aromatic nitrogens is 2. The van der Waals surface area contributed by atoms with E-state index in [9.17, 15) is 0 Å². The Labute approximate surface area is 106 Å². The van der Waals surface area contributed by atoms with Gasteiger partial charge in [-0.15, -0.1) is 0 Å². The summed E-state index contributed by atoms with van der Waals surface area (Å²) in [4.78, 5) is 8.01. The van der Waals surface area contributed by atoms with Crippen LogP contribution in [0.25, 0.3) is 0 Å². The summed E-state index contributed by atoms with van der Waals surface area (Å²) < 4.78 is 0. The fourth-order valence-corrected chi connectivity index (χ4v) is 3.18. The fraction of sp³-hybridized carbons (Fsp3) is 0.769. The lowest BCUT2D eigenvalue weighted by Crippen LogP contribution is -2.11. The van der Waals surface area contributed by atoms with Gasteiger partial charge in [0.05, 0.1) is 0 Å². The predicted octanol–water partition coefficient (Wildman–Crippen LogP) is 4.08. The van der Waals surface area contributed by atoms with Gasteiger partial charge in [0.25, 0.3) is 0 Å². The minimum Gasteiger partial charge on any atom is -0.349 e. The highest BCUT2D eigenvalue weighted by Crippen LogP contribution is 2.29. The Morgan fingerprint density at radius 1 is 1.38 bits per heavy atom. The van der Waals surface area contributed by atoms with Gasteiger partial charge in [-0.1, -0.05) is 48.0 Å². The molecule has 2 nitrogen and oxygen atoms in total. The largest absolute Gasteiger partial charge is 0.349 e. The topological polar surface area (TPSA) is 28.7 Å². The molecule has 2 rings (SSSR count). The number of alkyl halides is 1. The number of nitrogens with one attached hydrogen (secondary N) is 1. The lowest BCUT2D eigenvalue weighted by atomic mass is 9.85. The highest BCUT2D eigenvalue weighted by atomic mass is 79.9. The molecule has 1 fully saturated rings. The third kappa shape index (κ3) is 3.93. The maximum Gasteiger partial charge on any atom is 0.107 e. The van der Waals surface area contributed by atoms with Gasteiger partial charge >= 0.3 is 0 Å². The first-order chi connectivity index (χ1) is 7.84. The highest BCUT2D eigenvalue weighted by molar-refractivity contribution is 9.09. The summed E-state index contributed by atoms with van der Waals surface area (Å²) >= 11 is 3.77. The van der Waals surface area contributed by atoms with Crippen LogP contribution in [0.15, 0.2) is 12.4 Å². The average molecular weight is 285 g/mol. The third-order valence-electron chi connectivity index (χ3n) is 3.58. The summed E-state index contributed by atoms with van der Waals surface area (Å²) in [6.45, 7) is 0. The molecule has 1 aromatic heterocycles. The number of hydrogen-bond donors (Lipinski definition) is 1. The first-order valence-corrected chi connectivity index (χ1v) is 7.38. The van der Waals surface area contributed by atoms with Crippen molar-refractivity contribution in [2.45, 2.75) is 56.2 Å². The Kier molecular flexibility index (Phi) is 4.89. The zero-order valence-electron chi connectivity index (χ0n) is 9.79. The van der Waals surface area contributed by atoms with Crippen LogP contribution in [0.2, 0.25) is 0 Å². The first kappa shape index (κ1) is 12.2.